The topological polar surface area (TPSA) is 46.2 Å². The molecule has 0 aromatic rings. The molecule has 0 heterocycles. The Kier molecular flexibility index (Phi) is 7.26. The van der Waals surface area contributed by atoms with Crippen molar-refractivity contribution in [3.05, 3.63) is 0 Å². The van der Waals surface area contributed by atoms with E-state index >= 15 is 0 Å². The largest absolute Gasteiger partial charge is 0.356 e. The van der Waals surface area contributed by atoms with Gasteiger partial charge in [-0.2, -0.15) is 0 Å². The third-order valence-electron chi connectivity index (χ3n) is 1.74. The Morgan fingerprint density at radius 1 is 1.15 bits per heavy atom. The van der Waals surface area contributed by atoms with Crippen molar-refractivity contribution < 1.29 is 9.59 Å². The summed E-state index contributed by atoms with van der Waals surface area (Å²) in [5, 5.41) is 2.71. The minimum Gasteiger partial charge on any atom is -0.356 e. The highest BCUT2D eigenvalue weighted by molar-refractivity contribution is 5.97. The quantitative estimate of drug-likeness (QED) is 0.484. The number of Topliss-reactive ketones (excluding diaryl/α,β-unsaturated/α-hetero) is 1. The SMILES string of the molecule is CCCCNC(=O)CC(=O)CCC. The van der Waals surface area contributed by atoms with Gasteiger partial charge in [0.2, 0.25) is 5.91 Å². The van der Waals surface area contributed by atoms with E-state index in [1.54, 1.807) is 0 Å². The Morgan fingerprint density at radius 3 is 2.38 bits per heavy atom. The van der Waals surface area contributed by atoms with Gasteiger partial charge in [0.15, 0.2) is 0 Å². The van der Waals surface area contributed by atoms with Crippen LogP contribution in [0.4, 0.5) is 0 Å². The first-order chi connectivity index (χ1) is 6.20. The Labute approximate surface area is 79.9 Å². The van der Waals surface area contributed by atoms with Crippen molar-refractivity contribution in [2.24, 2.45) is 0 Å². The van der Waals surface area contributed by atoms with Crippen LogP contribution in [0.5, 0.6) is 0 Å². The van der Waals surface area contributed by atoms with E-state index in [0.29, 0.717) is 13.0 Å². The molecular formula is C10H19NO2. The van der Waals surface area contributed by atoms with Gasteiger partial charge in [0.05, 0.1) is 6.42 Å². The molecule has 0 spiro atoms. The van der Waals surface area contributed by atoms with Gasteiger partial charge in [0, 0.05) is 13.0 Å². The lowest BCUT2D eigenvalue weighted by Gasteiger charge is -2.02. The highest BCUT2D eigenvalue weighted by Crippen LogP contribution is 1.94. The lowest BCUT2D eigenvalue weighted by atomic mass is 10.2. The standard InChI is InChI=1S/C10H19NO2/c1-3-5-7-11-10(13)8-9(12)6-4-2/h3-8H2,1-2H3,(H,11,13). The van der Waals surface area contributed by atoms with Gasteiger partial charge in [-0.3, -0.25) is 9.59 Å². The highest BCUT2D eigenvalue weighted by atomic mass is 16.2. The van der Waals surface area contributed by atoms with Crippen molar-refractivity contribution in [1.29, 1.82) is 0 Å². The van der Waals surface area contributed by atoms with Crippen LogP contribution >= 0.6 is 0 Å². The average molecular weight is 185 g/mol. The number of hydrogen-bond acceptors (Lipinski definition) is 2. The number of carbonyl (C=O) groups is 2. The van der Waals surface area contributed by atoms with Crippen molar-refractivity contribution in [3.63, 3.8) is 0 Å². The Morgan fingerprint density at radius 2 is 1.85 bits per heavy atom. The molecule has 1 amide bonds. The number of nitrogens with one attached hydrogen (secondary N) is 1. The molecule has 0 aromatic heterocycles. The Bertz CT molecular complexity index is 166. The van der Waals surface area contributed by atoms with Gasteiger partial charge >= 0.3 is 0 Å². The summed E-state index contributed by atoms with van der Waals surface area (Å²) in [6, 6.07) is 0. The van der Waals surface area contributed by atoms with Crippen molar-refractivity contribution in [2.45, 2.75) is 46.0 Å². The van der Waals surface area contributed by atoms with E-state index in [0.717, 1.165) is 19.3 Å². The summed E-state index contributed by atoms with van der Waals surface area (Å²) < 4.78 is 0. The highest BCUT2D eigenvalue weighted by Gasteiger charge is 2.06. The van der Waals surface area contributed by atoms with Gasteiger partial charge in [-0.05, 0) is 12.8 Å². The lowest BCUT2D eigenvalue weighted by Crippen LogP contribution is -2.26. The van der Waals surface area contributed by atoms with Crippen LogP contribution in [0.1, 0.15) is 46.0 Å². The van der Waals surface area contributed by atoms with Crippen LogP contribution in [0, 0.1) is 0 Å². The zero-order chi connectivity index (χ0) is 10.1. The van der Waals surface area contributed by atoms with Crippen LogP contribution in [-0.4, -0.2) is 18.2 Å². The second kappa shape index (κ2) is 7.77. The van der Waals surface area contributed by atoms with E-state index in [2.05, 4.69) is 12.2 Å². The van der Waals surface area contributed by atoms with Gasteiger partial charge in [-0.25, -0.2) is 0 Å². The second-order valence-corrected chi connectivity index (χ2v) is 3.17. The first kappa shape index (κ1) is 12.1. The van der Waals surface area contributed by atoms with E-state index in [4.69, 9.17) is 0 Å². The predicted molar refractivity (Wildman–Crippen MR) is 52.4 cm³/mol. The summed E-state index contributed by atoms with van der Waals surface area (Å²) in [4.78, 5) is 22.1. The smallest absolute Gasteiger partial charge is 0.227 e. The molecule has 0 rings (SSSR count). The van der Waals surface area contributed by atoms with Crippen LogP contribution < -0.4 is 5.32 Å². The van der Waals surface area contributed by atoms with Gasteiger partial charge in [0.25, 0.3) is 0 Å². The van der Waals surface area contributed by atoms with E-state index in [-0.39, 0.29) is 18.1 Å². The number of ketones is 1. The Balaban J connectivity index is 3.44. The maximum absolute atomic E-state index is 11.1. The maximum atomic E-state index is 11.1. The summed E-state index contributed by atoms with van der Waals surface area (Å²) in [5.74, 6) is -0.0941. The maximum Gasteiger partial charge on any atom is 0.227 e. The van der Waals surface area contributed by atoms with Gasteiger partial charge in [-0.1, -0.05) is 20.3 Å². The normalized spacial score (nSPS) is 9.69. The molecular weight excluding hydrogens is 166 g/mol. The fourth-order valence-corrected chi connectivity index (χ4v) is 1.01. The van der Waals surface area contributed by atoms with E-state index in [1.807, 2.05) is 6.92 Å². The van der Waals surface area contributed by atoms with Crippen LogP contribution in [0.2, 0.25) is 0 Å². The van der Waals surface area contributed by atoms with E-state index in [1.165, 1.54) is 0 Å². The summed E-state index contributed by atoms with van der Waals surface area (Å²) in [7, 11) is 0. The van der Waals surface area contributed by atoms with Gasteiger partial charge in [-0.15, -0.1) is 0 Å². The van der Waals surface area contributed by atoms with Crippen molar-refractivity contribution in [1.82, 2.24) is 5.32 Å². The number of hydrogen-bond donors (Lipinski definition) is 1. The number of amides is 1. The van der Waals surface area contributed by atoms with E-state index < -0.39 is 0 Å². The zero-order valence-electron chi connectivity index (χ0n) is 8.56. The molecule has 0 radical (unpaired) electrons. The van der Waals surface area contributed by atoms with Gasteiger partial charge in [0.1, 0.15) is 5.78 Å². The molecule has 3 nitrogen and oxygen atoms in total. The molecule has 0 atom stereocenters. The number of rotatable bonds is 7. The molecule has 0 aromatic carbocycles. The molecule has 3 heteroatoms. The van der Waals surface area contributed by atoms with Crippen molar-refractivity contribution in [3.8, 4) is 0 Å². The minimum absolute atomic E-state index is 0.0384. The zero-order valence-corrected chi connectivity index (χ0v) is 8.56. The summed E-state index contributed by atoms with van der Waals surface area (Å²) in [6.45, 7) is 4.69. The predicted octanol–water partition coefficient (Wildman–Crippen LogP) is 1.66. The summed E-state index contributed by atoms with van der Waals surface area (Å²) in [6.07, 6.45) is 3.43. The molecule has 0 aliphatic rings. The van der Waals surface area contributed by atoms with Crippen LogP contribution in [-0.2, 0) is 9.59 Å². The monoisotopic (exact) mass is 185 g/mol. The molecule has 0 fully saturated rings. The molecule has 0 aliphatic carbocycles. The number of carbonyl (C=O) groups excluding carboxylic acids is 2. The summed E-state index contributed by atoms with van der Waals surface area (Å²) in [5.41, 5.74) is 0. The van der Waals surface area contributed by atoms with Crippen molar-refractivity contribution in [2.75, 3.05) is 6.54 Å². The first-order valence-corrected chi connectivity index (χ1v) is 4.99. The summed E-state index contributed by atoms with van der Waals surface area (Å²) >= 11 is 0. The third kappa shape index (κ3) is 7.50. The fraction of sp³-hybridized carbons (Fsp3) is 0.800. The molecule has 0 unspecified atom stereocenters. The molecule has 1 N–H and O–H groups in total. The van der Waals surface area contributed by atoms with Crippen LogP contribution in [0.3, 0.4) is 0 Å². The fourth-order valence-electron chi connectivity index (χ4n) is 1.01. The lowest BCUT2D eigenvalue weighted by molar-refractivity contribution is -0.128. The average Bonchev–Trinajstić information content (AvgIpc) is 2.05. The van der Waals surface area contributed by atoms with Crippen LogP contribution in [0.15, 0.2) is 0 Å². The second-order valence-electron chi connectivity index (χ2n) is 3.17. The third-order valence-corrected chi connectivity index (χ3v) is 1.74. The van der Waals surface area contributed by atoms with Gasteiger partial charge < -0.3 is 5.32 Å². The van der Waals surface area contributed by atoms with E-state index in [9.17, 15) is 9.59 Å². The molecule has 0 saturated heterocycles. The number of unbranched alkanes of at least 4 members (excludes halogenated alkanes) is 1. The van der Waals surface area contributed by atoms with Crippen molar-refractivity contribution >= 4 is 11.7 Å². The molecule has 13 heavy (non-hydrogen) atoms. The molecule has 0 aliphatic heterocycles. The first-order valence-electron chi connectivity index (χ1n) is 4.99. The molecule has 0 saturated carbocycles. The molecule has 76 valence electrons. The Hall–Kier alpha value is -0.860. The minimum atomic E-state index is -0.132. The van der Waals surface area contributed by atoms with Crippen LogP contribution in [0.25, 0.3) is 0 Å². The molecule has 0 bridgehead atoms.